The van der Waals surface area contributed by atoms with Gasteiger partial charge in [-0.2, -0.15) is 0 Å². The van der Waals surface area contributed by atoms with Crippen molar-refractivity contribution in [3.63, 3.8) is 0 Å². The number of primary amides is 1. The van der Waals surface area contributed by atoms with Crippen molar-refractivity contribution in [2.45, 2.75) is 124 Å². The van der Waals surface area contributed by atoms with E-state index in [0.29, 0.717) is 62.9 Å². The van der Waals surface area contributed by atoms with Crippen LogP contribution in [0.3, 0.4) is 0 Å². The van der Waals surface area contributed by atoms with Gasteiger partial charge < -0.3 is 64.9 Å². The van der Waals surface area contributed by atoms with Gasteiger partial charge in [0, 0.05) is 73.8 Å². The zero-order valence-electron chi connectivity index (χ0n) is 50.4. The average Bonchev–Trinajstić information content (AvgIpc) is 2.36. The highest BCUT2D eigenvalue weighted by molar-refractivity contribution is 8.00. The van der Waals surface area contributed by atoms with Crippen molar-refractivity contribution >= 4 is 53.4 Å². The predicted octanol–water partition coefficient (Wildman–Crippen LogP) is 6.44. The van der Waals surface area contributed by atoms with Gasteiger partial charge in [-0.15, -0.1) is 11.8 Å². The van der Waals surface area contributed by atoms with Gasteiger partial charge in [0.1, 0.15) is 34.9 Å². The normalized spacial score (nSPS) is 12.8. The van der Waals surface area contributed by atoms with Gasteiger partial charge in [-0.3, -0.25) is 29.0 Å². The number of aromatic nitrogens is 2. The van der Waals surface area contributed by atoms with E-state index in [1.54, 1.807) is 70.8 Å². The summed E-state index contributed by atoms with van der Waals surface area (Å²) in [6.07, 6.45) is 3.79. The highest BCUT2D eigenvalue weighted by atomic mass is 32.2. The number of pyridine rings is 1. The first-order valence-corrected chi connectivity index (χ1v) is 29.5. The summed E-state index contributed by atoms with van der Waals surface area (Å²) in [7, 11) is 0. The van der Waals surface area contributed by atoms with E-state index < -0.39 is 88.5 Å². The number of nitrogens with one attached hydrogen (secondary N) is 4. The van der Waals surface area contributed by atoms with E-state index in [9.17, 15) is 33.2 Å². The van der Waals surface area contributed by atoms with E-state index in [4.69, 9.17) is 34.2 Å². The predicted molar refractivity (Wildman–Crippen MR) is 318 cm³/mol. The number of nitrogens with zero attached hydrogens (tertiary/aromatic N) is 3. The molecule has 2 aromatic heterocycles. The van der Waals surface area contributed by atoms with E-state index in [1.165, 1.54) is 12.4 Å². The SMILES string of the molecule is CC(C)(C)OC(=O)NCCOCCOCCOCCOCCC(=O)N[C@@H](CSCC(=O)N(CCCNC(=O)[C@H](CC(N)=O)NC(=O)Cc1ccncc1)[C@@H](c1cc(-c2cc(F)ccc2F)cn1Cc1ccccc1)C(C)(C)C)C(=O)OC(C)(C)C. The lowest BCUT2D eigenvalue weighted by Gasteiger charge is -2.41. The Bertz CT molecular complexity index is 2750. The number of rotatable bonds is 36. The number of carbonyl (C=O) groups is 7. The highest BCUT2D eigenvalue weighted by Gasteiger charge is 2.38. The van der Waals surface area contributed by atoms with Crippen LogP contribution in [-0.4, -0.2) is 163 Å². The quantitative estimate of drug-likeness (QED) is 0.0242. The molecule has 0 aliphatic heterocycles. The van der Waals surface area contributed by atoms with Crippen LogP contribution >= 0.6 is 11.8 Å². The summed E-state index contributed by atoms with van der Waals surface area (Å²) in [6.45, 7) is 18.9. The van der Waals surface area contributed by atoms with Crippen LogP contribution in [0.4, 0.5) is 13.6 Å². The van der Waals surface area contributed by atoms with Crippen LogP contribution in [-0.2, 0) is 70.2 Å². The lowest BCUT2D eigenvalue weighted by molar-refractivity contribution is -0.158. The number of thioether (sulfide) groups is 1. The molecule has 0 saturated heterocycles. The Morgan fingerprint density at radius 1 is 0.694 bits per heavy atom. The maximum atomic E-state index is 15.6. The van der Waals surface area contributed by atoms with Crippen molar-refractivity contribution in [3.05, 3.63) is 114 Å². The van der Waals surface area contributed by atoms with E-state index in [1.807, 2.05) is 55.7 Å². The molecule has 85 heavy (non-hydrogen) atoms. The van der Waals surface area contributed by atoms with Crippen molar-refractivity contribution < 1.29 is 70.8 Å². The Balaban J connectivity index is 1.45. The molecule has 0 saturated carbocycles. The molecular formula is C61H86F2N8O13S. The second-order valence-electron chi connectivity index (χ2n) is 23.0. The van der Waals surface area contributed by atoms with Gasteiger partial charge in [-0.05, 0) is 101 Å². The number of hydrogen-bond donors (Lipinski definition) is 5. The molecule has 21 nitrogen and oxygen atoms in total. The zero-order valence-corrected chi connectivity index (χ0v) is 51.2. The van der Waals surface area contributed by atoms with Crippen LogP contribution in [0.15, 0.2) is 85.3 Å². The fraction of sp³-hybridized carbons (Fsp3) is 0.541. The first-order chi connectivity index (χ1) is 40.2. The first kappa shape index (κ1) is 70.5. The Labute approximate surface area is 501 Å². The van der Waals surface area contributed by atoms with Gasteiger partial charge in [0.25, 0.3) is 0 Å². The Hall–Kier alpha value is -6.99. The molecule has 2 aromatic carbocycles. The number of esters is 1. The molecule has 4 aromatic rings. The molecule has 6 N–H and O–H groups in total. The molecule has 0 bridgehead atoms. The molecule has 24 heteroatoms. The second kappa shape index (κ2) is 35.5. The summed E-state index contributed by atoms with van der Waals surface area (Å²) in [4.78, 5) is 98.0. The number of alkyl carbamates (subject to hydrolysis) is 1. The van der Waals surface area contributed by atoms with Crippen LogP contribution in [0.25, 0.3) is 11.1 Å². The largest absolute Gasteiger partial charge is 0.458 e. The number of benzene rings is 2. The molecule has 0 radical (unpaired) electrons. The molecule has 0 fully saturated rings. The maximum Gasteiger partial charge on any atom is 0.407 e. The number of amides is 6. The number of carbonyl (C=O) groups excluding carboxylic acids is 7. The zero-order chi connectivity index (χ0) is 62.6. The van der Waals surface area contributed by atoms with Gasteiger partial charge in [0.2, 0.25) is 29.5 Å². The fourth-order valence-electron chi connectivity index (χ4n) is 8.56. The minimum absolute atomic E-state index is 0.0111. The smallest absolute Gasteiger partial charge is 0.407 e. The minimum atomic E-state index is -1.29. The van der Waals surface area contributed by atoms with Crippen molar-refractivity contribution in [2.24, 2.45) is 11.1 Å². The lowest BCUT2D eigenvalue weighted by atomic mass is 9.83. The Morgan fingerprint density at radius 2 is 1.31 bits per heavy atom. The summed E-state index contributed by atoms with van der Waals surface area (Å²) in [5.41, 5.74) is 5.78. The van der Waals surface area contributed by atoms with Crippen LogP contribution in [0.2, 0.25) is 0 Å². The summed E-state index contributed by atoms with van der Waals surface area (Å²) in [5, 5.41) is 10.7. The number of nitrogens with two attached hydrogens (primary N) is 1. The van der Waals surface area contributed by atoms with Crippen molar-refractivity contribution in [1.82, 2.24) is 35.7 Å². The van der Waals surface area contributed by atoms with Gasteiger partial charge in [-0.25, -0.2) is 18.4 Å². The molecule has 468 valence electrons. The second-order valence-corrected chi connectivity index (χ2v) is 24.0. The minimum Gasteiger partial charge on any atom is -0.458 e. The summed E-state index contributed by atoms with van der Waals surface area (Å²) in [6, 6.07) is 14.5. The molecule has 0 aliphatic rings. The molecule has 0 spiro atoms. The first-order valence-electron chi connectivity index (χ1n) is 28.3. The van der Waals surface area contributed by atoms with Gasteiger partial charge in [0.15, 0.2) is 0 Å². The maximum absolute atomic E-state index is 15.6. The third-order valence-corrected chi connectivity index (χ3v) is 13.2. The van der Waals surface area contributed by atoms with Gasteiger partial charge in [-0.1, -0.05) is 51.1 Å². The highest BCUT2D eigenvalue weighted by Crippen LogP contribution is 2.41. The monoisotopic (exact) mass is 1210 g/mol. The van der Waals surface area contributed by atoms with Crippen LogP contribution in [0.1, 0.15) is 104 Å². The topological polar surface area (TPSA) is 270 Å². The summed E-state index contributed by atoms with van der Waals surface area (Å²) >= 11 is 1.10. The standard InChI is InChI=1S/C61H86F2N8O13S/c1-59(2,3)55(50-35-44(46-36-45(62)16-17-47(46)63)39-70(50)38-43-14-11-10-12-15-43)71(25-13-21-66-56(76)48(37-51(64)72)68-53(74)34-42-18-22-65-23-19-42)54(75)41-85-40-49(57(77)83-60(4,5)6)69-52(73)20-26-79-28-30-81-32-33-82-31-29-80-27-24-67-58(78)84-61(7,8)9/h10-12,14-19,22-23,35-36,39,48-49,55H,13,20-21,24-34,37-38,40-41H2,1-9H3,(H2,64,72)(H,66,76)(H,67,78)(H,68,74)(H,69,73)/t48-,49-,55-/m0/s1. The van der Waals surface area contributed by atoms with E-state index in [0.717, 1.165) is 35.5 Å². The van der Waals surface area contributed by atoms with Crippen molar-refractivity contribution in [2.75, 3.05) is 84.0 Å². The third kappa shape index (κ3) is 27.7. The summed E-state index contributed by atoms with van der Waals surface area (Å²) < 4.78 is 65.2. The molecule has 4 rings (SSSR count). The van der Waals surface area contributed by atoms with Gasteiger partial charge in [0.05, 0.1) is 77.5 Å². The Morgan fingerprint density at radius 3 is 1.92 bits per heavy atom. The fourth-order valence-corrected chi connectivity index (χ4v) is 9.47. The van der Waals surface area contributed by atoms with Crippen LogP contribution < -0.4 is 27.0 Å². The number of halogens is 2. The molecule has 3 atom stereocenters. The van der Waals surface area contributed by atoms with E-state index >= 15 is 9.18 Å². The van der Waals surface area contributed by atoms with E-state index in [-0.39, 0.29) is 75.1 Å². The molecule has 6 amide bonds. The number of hydrogen-bond acceptors (Lipinski definition) is 15. The van der Waals surface area contributed by atoms with E-state index in [2.05, 4.69) is 26.3 Å². The van der Waals surface area contributed by atoms with Crippen LogP contribution in [0, 0.1) is 17.0 Å². The lowest BCUT2D eigenvalue weighted by Crippen LogP contribution is -2.49. The number of ether oxygens (including phenoxy) is 6. The Kier molecular flexibility index (Phi) is 29.4. The van der Waals surface area contributed by atoms with Crippen molar-refractivity contribution in [1.29, 1.82) is 0 Å². The molecule has 2 heterocycles. The van der Waals surface area contributed by atoms with Crippen molar-refractivity contribution in [3.8, 4) is 11.1 Å². The van der Waals surface area contributed by atoms with Crippen LogP contribution in [0.5, 0.6) is 0 Å². The summed E-state index contributed by atoms with van der Waals surface area (Å²) in [5.74, 6) is -5.13. The molecule has 0 aliphatic carbocycles. The third-order valence-electron chi connectivity index (χ3n) is 12.2. The average molecular weight is 1210 g/mol. The van der Waals surface area contributed by atoms with Gasteiger partial charge >= 0.3 is 12.1 Å². The molecular weight excluding hydrogens is 1120 g/mol. The molecule has 0 unspecified atom stereocenters.